The summed E-state index contributed by atoms with van der Waals surface area (Å²) in [5.41, 5.74) is 9.27. The molecule has 2 aromatic heterocycles. The van der Waals surface area contributed by atoms with Crippen molar-refractivity contribution in [1.82, 2.24) is 14.6 Å². The first-order valence-corrected chi connectivity index (χ1v) is 5.82. The van der Waals surface area contributed by atoms with Crippen molar-refractivity contribution >= 4 is 11.5 Å². The average molecular weight is 249 g/mol. The number of benzene rings is 1. The van der Waals surface area contributed by atoms with Crippen LogP contribution in [-0.2, 0) is 0 Å². The van der Waals surface area contributed by atoms with Gasteiger partial charge in [0.1, 0.15) is 17.5 Å². The first-order valence-electron chi connectivity index (χ1n) is 5.82. The molecule has 0 saturated heterocycles. The molecule has 5 nitrogen and oxygen atoms in total. The van der Waals surface area contributed by atoms with Gasteiger partial charge in [0.2, 0.25) is 0 Å². The molecule has 0 aliphatic rings. The van der Waals surface area contributed by atoms with Crippen LogP contribution < -0.4 is 5.73 Å². The number of nitrogens with two attached hydrogens (primary N) is 1. The van der Waals surface area contributed by atoms with E-state index >= 15 is 0 Å². The van der Waals surface area contributed by atoms with E-state index in [-0.39, 0.29) is 5.82 Å². The number of anilines is 1. The highest BCUT2D eigenvalue weighted by atomic mass is 15.3. The summed E-state index contributed by atoms with van der Waals surface area (Å²) in [6.07, 6.45) is 0. The van der Waals surface area contributed by atoms with Crippen molar-refractivity contribution in [3.63, 3.8) is 0 Å². The molecular formula is C14H11N5. The number of hydrogen-bond donors (Lipinski definition) is 1. The minimum atomic E-state index is 0.230. The predicted molar refractivity (Wildman–Crippen MR) is 72.3 cm³/mol. The van der Waals surface area contributed by atoms with Gasteiger partial charge in [0, 0.05) is 11.6 Å². The van der Waals surface area contributed by atoms with Crippen LogP contribution in [-0.4, -0.2) is 14.6 Å². The van der Waals surface area contributed by atoms with Crippen LogP contribution >= 0.6 is 0 Å². The van der Waals surface area contributed by atoms with Gasteiger partial charge in [-0.1, -0.05) is 30.3 Å². The molecule has 0 aliphatic heterocycles. The molecule has 0 radical (unpaired) electrons. The molecule has 0 fully saturated rings. The number of fused-ring (bicyclic) bond motifs is 1. The van der Waals surface area contributed by atoms with E-state index in [0.717, 1.165) is 11.3 Å². The van der Waals surface area contributed by atoms with Gasteiger partial charge in [0.15, 0.2) is 5.65 Å². The van der Waals surface area contributed by atoms with E-state index in [9.17, 15) is 5.26 Å². The second-order valence-electron chi connectivity index (χ2n) is 4.25. The maximum absolute atomic E-state index is 9.32. The maximum atomic E-state index is 9.32. The third-order valence-electron chi connectivity index (χ3n) is 2.91. The molecule has 2 N–H and O–H groups in total. The highest BCUT2D eigenvalue weighted by Crippen LogP contribution is 2.27. The Morgan fingerprint density at radius 3 is 2.68 bits per heavy atom. The number of aryl methyl sites for hydroxylation is 1. The molecule has 3 aromatic rings. The average Bonchev–Trinajstić information content (AvgIpc) is 2.77. The van der Waals surface area contributed by atoms with Crippen LogP contribution in [0.4, 0.5) is 5.82 Å². The molecule has 2 heterocycles. The molecule has 19 heavy (non-hydrogen) atoms. The van der Waals surface area contributed by atoms with E-state index < -0.39 is 0 Å². The summed E-state index contributed by atoms with van der Waals surface area (Å²) >= 11 is 0. The van der Waals surface area contributed by atoms with Gasteiger partial charge in [-0.2, -0.15) is 10.4 Å². The van der Waals surface area contributed by atoms with Crippen molar-refractivity contribution < 1.29 is 0 Å². The topological polar surface area (TPSA) is 80.0 Å². The second-order valence-corrected chi connectivity index (χ2v) is 4.25. The quantitative estimate of drug-likeness (QED) is 0.716. The first-order chi connectivity index (χ1) is 9.20. The maximum Gasteiger partial charge on any atom is 0.158 e. The fourth-order valence-electron chi connectivity index (χ4n) is 2.11. The fraction of sp³-hybridized carbons (Fsp3) is 0.0714. The zero-order valence-electron chi connectivity index (χ0n) is 10.3. The Balaban J connectivity index is 2.47. The van der Waals surface area contributed by atoms with Gasteiger partial charge in [-0.3, -0.25) is 0 Å². The normalized spacial score (nSPS) is 10.5. The van der Waals surface area contributed by atoms with Gasteiger partial charge >= 0.3 is 0 Å². The largest absolute Gasteiger partial charge is 0.382 e. The molecule has 0 spiro atoms. The van der Waals surface area contributed by atoms with Gasteiger partial charge < -0.3 is 5.73 Å². The van der Waals surface area contributed by atoms with Crippen LogP contribution in [0, 0.1) is 18.3 Å². The molecule has 0 unspecified atom stereocenters. The highest BCUT2D eigenvalue weighted by Gasteiger charge is 2.16. The van der Waals surface area contributed by atoms with E-state index in [1.54, 1.807) is 4.52 Å². The SMILES string of the molecule is Cc1cc2nc(N)c(C#N)c(-c3ccccc3)n2n1. The minimum Gasteiger partial charge on any atom is -0.382 e. The van der Waals surface area contributed by atoms with E-state index in [1.165, 1.54) is 0 Å². The Kier molecular flexibility index (Phi) is 2.43. The molecule has 0 atom stereocenters. The number of aromatic nitrogens is 3. The lowest BCUT2D eigenvalue weighted by molar-refractivity contribution is 0.923. The number of rotatable bonds is 1. The Labute approximate surface area is 109 Å². The van der Waals surface area contributed by atoms with Gasteiger partial charge in [0.25, 0.3) is 0 Å². The summed E-state index contributed by atoms with van der Waals surface area (Å²) in [6, 6.07) is 13.5. The molecule has 1 aromatic carbocycles. The number of nitrogen functional groups attached to an aromatic ring is 1. The lowest BCUT2D eigenvalue weighted by Crippen LogP contribution is -2.05. The fourth-order valence-corrected chi connectivity index (χ4v) is 2.11. The predicted octanol–water partition coefficient (Wildman–Crippen LogP) is 2.16. The summed E-state index contributed by atoms with van der Waals surface area (Å²) in [7, 11) is 0. The van der Waals surface area contributed by atoms with Crippen LogP contribution in [0.25, 0.3) is 16.9 Å². The van der Waals surface area contributed by atoms with E-state index in [1.807, 2.05) is 43.3 Å². The minimum absolute atomic E-state index is 0.230. The summed E-state index contributed by atoms with van der Waals surface area (Å²) in [6.45, 7) is 1.88. The monoisotopic (exact) mass is 249 g/mol. The highest BCUT2D eigenvalue weighted by molar-refractivity contribution is 5.75. The third-order valence-corrected chi connectivity index (χ3v) is 2.91. The zero-order valence-corrected chi connectivity index (χ0v) is 10.3. The van der Waals surface area contributed by atoms with Crippen molar-refractivity contribution in [2.24, 2.45) is 0 Å². The van der Waals surface area contributed by atoms with Crippen molar-refractivity contribution in [3.05, 3.63) is 47.7 Å². The Hall–Kier alpha value is -2.87. The van der Waals surface area contributed by atoms with Gasteiger partial charge in [-0.15, -0.1) is 0 Å². The van der Waals surface area contributed by atoms with Gasteiger partial charge in [-0.25, -0.2) is 9.50 Å². The molecule has 0 amide bonds. The van der Waals surface area contributed by atoms with Crippen LogP contribution in [0.5, 0.6) is 0 Å². The lowest BCUT2D eigenvalue weighted by atomic mass is 10.1. The zero-order chi connectivity index (χ0) is 13.4. The first kappa shape index (κ1) is 11.2. The molecule has 0 saturated carbocycles. The van der Waals surface area contributed by atoms with E-state index in [0.29, 0.717) is 16.9 Å². The Bertz CT molecular complexity index is 796. The van der Waals surface area contributed by atoms with Gasteiger partial charge in [-0.05, 0) is 6.92 Å². The van der Waals surface area contributed by atoms with Crippen LogP contribution in [0.1, 0.15) is 11.3 Å². The Morgan fingerprint density at radius 2 is 2.00 bits per heavy atom. The summed E-state index contributed by atoms with van der Waals surface area (Å²) in [5, 5.41) is 13.7. The summed E-state index contributed by atoms with van der Waals surface area (Å²) < 4.78 is 1.67. The summed E-state index contributed by atoms with van der Waals surface area (Å²) in [4.78, 5) is 4.21. The second kappa shape index (κ2) is 4.10. The van der Waals surface area contributed by atoms with Gasteiger partial charge in [0.05, 0.1) is 11.4 Å². The molecule has 92 valence electrons. The molecule has 0 aliphatic carbocycles. The molecular weight excluding hydrogens is 238 g/mol. The molecule has 3 rings (SSSR count). The molecule has 0 bridgehead atoms. The Morgan fingerprint density at radius 1 is 1.26 bits per heavy atom. The van der Waals surface area contributed by atoms with Crippen molar-refractivity contribution in [2.75, 3.05) is 5.73 Å². The molecule has 5 heteroatoms. The van der Waals surface area contributed by atoms with Crippen LogP contribution in [0.3, 0.4) is 0 Å². The van der Waals surface area contributed by atoms with Crippen LogP contribution in [0.2, 0.25) is 0 Å². The number of nitriles is 1. The standard InChI is InChI=1S/C14H11N5/c1-9-7-12-17-14(16)11(8-15)13(19(12)18-9)10-5-3-2-4-6-10/h2-7H,1H3,(H2,16,17). The smallest absolute Gasteiger partial charge is 0.158 e. The van der Waals surface area contributed by atoms with Crippen molar-refractivity contribution in [3.8, 4) is 17.3 Å². The number of nitrogens with zero attached hydrogens (tertiary/aromatic N) is 4. The number of hydrogen-bond acceptors (Lipinski definition) is 4. The summed E-state index contributed by atoms with van der Waals surface area (Å²) in [5.74, 6) is 0.230. The van der Waals surface area contributed by atoms with Crippen molar-refractivity contribution in [2.45, 2.75) is 6.92 Å². The van der Waals surface area contributed by atoms with Crippen molar-refractivity contribution in [1.29, 1.82) is 5.26 Å². The lowest BCUT2D eigenvalue weighted by Gasteiger charge is -2.08. The van der Waals surface area contributed by atoms with E-state index in [2.05, 4.69) is 16.2 Å². The van der Waals surface area contributed by atoms with E-state index in [4.69, 9.17) is 5.73 Å². The third kappa shape index (κ3) is 1.70. The van der Waals surface area contributed by atoms with Crippen LogP contribution in [0.15, 0.2) is 36.4 Å².